The zero-order valence-corrected chi connectivity index (χ0v) is 16.3. The van der Waals surface area contributed by atoms with Crippen LogP contribution in [0.2, 0.25) is 10.0 Å². The molecule has 0 aliphatic rings. The van der Waals surface area contributed by atoms with Crippen LogP contribution in [0.4, 0.5) is 0 Å². The van der Waals surface area contributed by atoms with Gasteiger partial charge in [-0.1, -0.05) is 29.3 Å². The minimum Gasteiger partial charge on any atom is -0.469 e. The Bertz CT molecular complexity index is 1120. The van der Waals surface area contributed by atoms with Gasteiger partial charge < -0.3 is 9.14 Å². The fourth-order valence-electron chi connectivity index (χ4n) is 2.93. The topological polar surface area (TPSA) is 64.9 Å². The van der Waals surface area contributed by atoms with Gasteiger partial charge in [0.05, 0.1) is 29.0 Å². The number of pyridine rings is 1. The first kappa shape index (κ1) is 18.8. The summed E-state index contributed by atoms with van der Waals surface area (Å²) < 4.78 is 32.9. The van der Waals surface area contributed by atoms with E-state index in [2.05, 4.69) is 0 Å². The van der Waals surface area contributed by atoms with Crippen LogP contribution in [0.5, 0.6) is 0 Å². The lowest BCUT2D eigenvalue weighted by molar-refractivity contribution is -0.139. The summed E-state index contributed by atoms with van der Waals surface area (Å²) in [5.74, 6) is -0.450. The summed E-state index contributed by atoms with van der Waals surface area (Å²) in [7, 11) is -2.69. The molecule has 0 aliphatic carbocycles. The average molecular weight is 412 g/mol. The molecule has 0 saturated carbocycles. The molecule has 0 N–H and O–H groups in total. The van der Waals surface area contributed by atoms with Gasteiger partial charge in [-0.2, -0.15) is 0 Å². The molecule has 8 heteroatoms. The predicted molar refractivity (Wildman–Crippen MR) is 99.8 cm³/mol. The number of ether oxygens (including phenoxy) is 1. The zero-order chi connectivity index (χ0) is 19.1. The van der Waals surface area contributed by atoms with Crippen molar-refractivity contribution in [1.82, 2.24) is 4.40 Å². The number of aromatic nitrogens is 1. The number of esters is 1. The number of rotatable bonds is 4. The van der Waals surface area contributed by atoms with E-state index in [1.165, 1.54) is 25.3 Å². The molecule has 0 aliphatic heterocycles. The number of benzene rings is 1. The molecule has 0 atom stereocenters. The third-order valence-electron chi connectivity index (χ3n) is 4.15. The monoisotopic (exact) mass is 411 g/mol. The Balaban J connectivity index is 2.33. The van der Waals surface area contributed by atoms with Gasteiger partial charge in [-0.25, -0.2) is 8.42 Å². The number of halogens is 2. The fourth-order valence-corrected chi connectivity index (χ4v) is 5.34. The number of fused-ring (bicyclic) bond motifs is 1. The molecule has 3 rings (SSSR count). The van der Waals surface area contributed by atoms with Gasteiger partial charge in [0.15, 0.2) is 0 Å². The number of carbonyl (C=O) groups excluding carboxylic acids is 1. The van der Waals surface area contributed by atoms with E-state index in [0.29, 0.717) is 16.6 Å². The second-order valence-electron chi connectivity index (χ2n) is 5.70. The molecule has 0 radical (unpaired) electrons. The van der Waals surface area contributed by atoms with Crippen LogP contribution in [0, 0.1) is 6.92 Å². The third kappa shape index (κ3) is 3.09. The highest BCUT2D eigenvalue weighted by atomic mass is 35.5. The second kappa shape index (κ2) is 6.95. The average Bonchev–Trinajstić information content (AvgIpc) is 2.89. The molecule has 26 heavy (non-hydrogen) atoms. The maximum absolute atomic E-state index is 13.3. The summed E-state index contributed by atoms with van der Waals surface area (Å²) in [6.07, 6.45) is 1.60. The van der Waals surface area contributed by atoms with Crippen molar-refractivity contribution in [3.8, 4) is 0 Å². The van der Waals surface area contributed by atoms with Crippen molar-refractivity contribution in [3.63, 3.8) is 0 Å². The van der Waals surface area contributed by atoms with Crippen LogP contribution in [0.15, 0.2) is 52.5 Å². The first-order chi connectivity index (χ1) is 12.3. The van der Waals surface area contributed by atoms with Gasteiger partial charge in [0.1, 0.15) is 5.03 Å². The molecule has 0 spiro atoms. The van der Waals surface area contributed by atoms with Crippen molar-refractivity contribution in [2.45, 2.75) is 23.3 Å². The van der Waals surface area contributed by atoms with Crippen molar-refractivity contribution in [3.05, 3.63) is 63.8 Å². The fraction of sp³-hybridized carbons (Fsp3) is 0.167. The number of methoxy groups -OCH3 is 1. The number of nitrogens with zero attached hydrogens (tertiary/aromatic N) is 1. The maximum Gasteiger partial charge on any atom is 0.310 e. The lowest BCUT2D eigenvalue weighted by Gasteiger charge is -2.09. The van der Waals surface area contributed by atoms with E-state index in [0.717, 1.165) is 0 Å². The predicted octanol–water partition coefficient (Wildman–Crippen LogP) is 4.10. The molecule has 2 aromatic heterocycles. The van der Waals surface area contributed by atoms with Gasteiger partial charge in [-0.15, -0.1) is 0 Å². The molecular weight excluding hydrogens is 397 g/mol. The van der Waals surface area contributed by atoms with E-state index in [1.54, 1.807) is 35.7 Å². The summed E-state index contributed by atoms with van der Waals surface area (Å²) in [5.41, 5.74) is 1.68. The maximum atomic E-state index is 13.3. The van der Waals surface area contributed by atoms with Crippen LogP contribution >= 0.6 is 23.2 Å². The van der Waals surface area contributed by atoms with Crippen molar-refractivity contribution < 1.29 is 17.9 Å². The Morgan fingerprint density at radius 3 is 2.62 bits per heavy atom. The Morgan fingerprint density at radius 1 is 1.19 bits per heavy atom. The van der Waals surface area contributed by atoms with Crippen LogP contribution in [-0.4, -0.2) is 25.9 Å². The molecule has 0 unspecified atom stereocenters. The summed E-state index contributed by atoms with van der Waals surface area (Å²) in [6, 6.07) is 9.53. The van der Waals surface area contributed by atoms with Crippen molar-refractivity contribution >= 4 is 44.5 Å². The molecule has 1 aromatic carbocycles. The Morgan fingerprint density at radius 2 is 1.92 bits per heavy atom. The number of hydrogen-bond donors (Lipinski definition) is 0. The van der Waals surface area contributed by atoms with Crippen molar-refractivity contribution in [2.24, 2.45) is 0 Å². The number of carbonyl (C=O) groups is 1. The molecule has 3 aromatic rings. The Kier molecular flexibility index (Phi) is 5.01. The molecule has 136 valence electrons. The lowest BCUT2D eigenvalue weighted by atomic mass is 10.1. The second-order valence-corrected chi connectivity index (χ2v) is 8.37. The van der Waals surface area contributed by atoms with Gasteiger partial charge in [-0.05, 0) is 48.4 Å². The summed E-state index contributed by atoms with van der Waals surface area (Å²) in [5, 5.41) is 0.395. The van der Waals surface area contributed by atoms with Gasteiger partial charge in [0, 0.05) is 11.2 Å². The SMILES string of the molecule is COC(=O)Cc1c(C)c(S(=O)(=O)c2cc(Cl)ccc2Cl)n2ccccc12. The number of sulfone groups is 1. The van der Waals surface area contributed by atoms with Crippen LogP contribution in [0.3, 0.4) is 0 Å². The van der Waals surface area contributed by atoms with E-state index in [1.807, 2.05) is 0 Å². The largest absolute Gasteiger partial charge is 0.469 e. The molecule has 5 nitrogen and oxygen atoms in total. The normalized spacial score (nSPS) is 11.7. The van der Waals surface area contributed by atoms with Crippen LogP contribution in [0.25, 0.3) is 5.52 Å². The molecule has 0 bridgehead atoms. The molecular formula is C18H15Cl2NO4S. The van der Waals surface area contributed by atoms with Crippen LogP contribution < -0.4 is 0 Å². The molecule has 0 fully saturated rings. The minimum atomic E-state index is -3.98. The van der Waals surface area contributed by atoms with Crippen LogP contribution in [-0.2, 0) is 25.8 Å². The summed E-state index contributed by atoms with van der Waals surface area (Å²) >= 11 is 12.1. The Hall–Kier alpha value is -2.02. The van der Waals surface area contributed by atoms with Gasteiger partial charge in [0.2, 0.25) is 9.84 Å². The van der Waals surface area contributed by atoms with Crippen LogP contribution in [0.1, 0.15) is 11.1 Å². The van der Waals surface area contributed by atoms with Crippen molar-refractivity contribution in [1.29, 1.82) is 0 Å². The first-order valence-electron chi connectivity index (χ1n) is 7.63. The third-order valence-corrected chi connectivity index (χ3v) is 6.75. The highest BCUT2D eigenvalue weighted by molar-refractivity contribution is 7.91. The molecule has 2 heterocycles. The standard InChI is InChI=1S/C18H15Cl2NO4S/c1-11-13(10-17(22)25-2)15-5-3-4-8-21(15)18(11)26(23,24)16-9-12(19)6-7-14(16)20/h3-9H,10H2,1-2H3. The van der Waals surface area contributed by atoms with E-state index < -0.39 is 15.8 Å². The van der Waals surface area contributed by atoms with Crippen molar-refractivity contribution in [2.75, 3.05) is 7.11 Å². The molecule has 0 saturated heterocycles. The highest BCUT2D eigenvalue weighted by Crippen LogP contribution is 2.35. The number of hydrogen-bond acceptors (Lipinski definition) is 4. The van der Waals surface area contributed by atoms with Gasteiger partial charge in [0.25, 0.3) is 0 Å². The Labute approximate surface area is 161 Å². The molecule has 0 amide bonds. The van der Waals surface area contributed by atoms with E-state index in [9.17, 15) is 13.2 Å². The first-order valence-corrected chi connectivity index (χ1v) is 9.86. The minimum absolute atomic E-state index is 0.0331. The van der Waals surface area contributed by atoms with E-state index >= 15 is 0 Å². The lowest BCUT2D eigenvalue weighted by Crippen LogP contribution is -2.08. The van der Waals surface area contributed by atoms with Gasteiger partial charge in [-0.3, -0.25) is 4.79 Å². The smallest absolute Gasteiger partial charge is 0.310 e. The van der Waals surface area contributed by atoms with E-state index in [4.69, 9.17) is 27.9 Å². The summed E-state index contributed by atoms with van der Waals surface area (Å²) in [6.45, 7) is 1.66. The quantitative estimate of drug-likeness (QED) is 0.606. The van der Waals surface area contributed by atoms with Gasteiger partial charge >= 0.3 is 5.97 Å². The van der Waals surface area contributed by atoms with E-state index in [-0.39, 0.29) is 26.4 Å². The highest BCUT2D eigenvalue weighted by Gasteiger charge is 2.29. The summed E-state index contributed by atoms with van der Waals surface area (Å²) in [4.78, 5) is 11.7. The zero-order valence-electron chi connectivity index (χ0n) is 14.0.